The van der Waals surface area contributed by atoms with E-state index in [1.165, 1.54) is 22.7 Å². The Labute approximate surface area is 144 Å². The maximum absolute atomic E-state index is 6.12. The van der Waals surface area contributed by atoms with Gasteiger partial charge in [0.15, 0.2) is 10.1 Å². The summed E-state index contributed by atoms with van der Waals surface area (Å²) in [4.78, 5) is 9.62. The maximum Gasteiger partial charge on any atom is 0.203 e. The van der Waals surface area contributed by atoms with E-state index in [4.69, 9.17) is 11.6 Å². The molecule has 0 aliphatic heterocycles. The molecule has 0 aliphatic rings. The van der Waals surface area contributed by atoms with Crippen LogP contribution in [0.15, 0.2) is 52.4 Å². The van der Waals surface area contributed by atoms with Crippen LogP contribution >= 0.6 is 34.3 Å². The first kappa shape index (κ1) is 14.4. The predicted octanol–water partition coefficient (Wildman–Crippen LogP) is 4.62. The van der Waals surface area contributed by atoms with Crippen LogP contribution in [0.2, 0.25) is 5.15 Å². The van der Waals surface area contributed by atoms with Crippen LogP contribution in [-0.2, 0) is 0 Å². The molecule has 23 heavy (non-hydrogen) atoms. The van der Waals surface area contributed by atoms with E-state index in [0.717, 1.165) is 27.0 Å². The smallest absolute Gasteiger partial charge is 0.203 e. The second-order valence-electron chi connectivity index (χ2n) is 4.62. The highest BCUT2D eigenvalue weighted by molar-refractivity contribution is 7.15. The van der Waals surface area contributed by atoms with Crippen molar-refractivity contribution in [3.63, 3.8) is 0 Å². The number of nitrogens with one attached hydrogen (secondary N) is 1. The zero-order valence-corrected chi connectivity index (χ0v) is 14.1. The standard InChI is InChI=1S/C15H10ClN5S2/c16-13-12(21-6-7-22-15(21)19-13)8-17-20-14-18-11(9-23-14)10-4-2-1-3-5-10/h1-9H,(H,18,20)/b17-8-. The number of hydrogen-bond donors (Lipinski definition) is 1. The van der Waals surface area contributed by atoms with Crippen molar-refractivity contribution in [1.29, 1.82) is 0 Å². The molecule has 0 fully saturated rings. The van der Waals surface area contributed by atoms with E-state index in [9.17, 15) is 0 Å². The summed E-state index contributed by atoms with van der Waals surface area (Å²) < 4.78 is 1.90. The number of aromatic nitrogens is 3. The highest BCUT2D eigenvalue weighted by Crippen LogP contribution is 2.24. The van der Waals surface area contributed by atoms with Crippen LogP contribution in [0.5, 0.6) is 0 Å². The van der Waals surface area contributed by atoms with Gasteiger partial charge < -0.3 is 0 Å². The number of hydrazone groups is 1. The summed E-state index contributed by atoms with van der Waals surface area (Å²) in [5.74, 6) is 0. The van der Waals surface area contributed by atoms with E-state index >= 15 is 0 Å². The Morgan fingerprint density at radius 1 is 1.17 bits per heavy atom. The van der Waals surface area contributed by atoms with Gasteiger partial charge >= 0.3 is 0 Å². The average Bonchev–Trinajstić information content (AvgIpc) is 3.27. The molecule has 0 radical (unpaired) electrons. The van der Waals surface area contributed by atoms with Crippen LogP contribution in [0.4, 0.5) is 5.13 Å². The van der Waals surface area contributed by atoms with Gasteiger partial charge in [-0.25, -0.2) is 9.97 Å². The number of imidazole rings is 1. The number of nitrogens with zero attached hydrogens (tertiary/aromatic N) is 4. The Morgan fingerprint density at radius 2 is 2.04 bits per heavy atom. The quantitative estimate of drug-likeness (QED) is 0.427. The van der Waals surface area contributed by atoms with Crippen molar-refractivity contribution in [1.82, 2.24) is 14.4 Å². The van der Waals surface area contributed by atoms with Gasteiger partial charge in [0, 0.05) is 22.5 Å². The average molecular weight is 360 g/mol. The van der Waals surface area contributed by atoms with Crippen LogP contribution in [0.25, 0.3) is 16.2 Å². The molecule has 8 heteroatoms. The van der Waals surface area contributed by atoms with E-state index in [1.54, 1.807) is 6.21 Å². The van der Waals surface area contributed by atoms with Crippen LogP contribution in [0.1, 0.15) is 5.69 Å². The minimum absolute atomic E-state index is 0.437. The molecule has 3 heterocycles. The monoisotopic (exact) mass is 359 g/mol. The molecule has 3 aromatic heterocycles. The third kappa shape index (κ3) is 2.86. The molecule has 0 unspecified atom stereocenters. The van der Waals surface area contributed by atoms with Crippen molar-refractivity contribution in [2.75, 3.05) is 5.43 Å². The normalized spacial score (nSPS) is 11.5. The van der Waals surface area contributed by atoms with Gasteiger partial charge in [-0.05, 0) is 0 Å². The molecule has 0 bridgehead atoms. The number of hydrogen-bond acceptors (Lipinski definition) is 6. The molecule has 1 aromatic carbocycles. The molecule has 1 N–H and O–H groups in total. The molecule has 0 amide bonds. The summed E-state index contributed by atoms with van der Waals surface area (Å²) in [5, 5.41) is 9.33. The summed E-state index contributed by atoms with van der Waals surface area (Å²) >= 11 is 9.15. The minimum Gasteiger partial charge on any atom is -0.288 e. The first-order valence-corrected chi connectivity index (χ1v) is 8.86. The van der Waals surface area contributed by atoms with Crippen molar-refractivity contribution in [2.24, 2.45) is 5.10 Å². The highest BCUT2D eigenvalue weighted by atomic mass is 35.5. The van der Waals surface area contributed by atoms with Gasteiger partial charge in [-0.15, -0.1) is 22.7 Å². The number of halogens is 1. The first-order chi connectivity index (χ1) is 11.3. The Kier molecular flexibility index (Phi) is 3.82. The maximum atomic E-state index is 6.12. The Hall–Kier alpha value is -2.22. The number of fused-ring (bicyclic) bond motifs is 1. The zero-order valence-electron chi connectivity index (χ0n) is 11.7. The van der Waals surface area contributed by atoms with E-state index < -0.39 is 0 Å². The van der Waals surface area contributed by atoms with Crippen molar-refractivity contribution < 1.29 is 0 Å². The van der Waals surface area contributed by atoms with Crippen LogP contribution in [0, 0.1) is 0 Å². The Balaban J connectivity index is 1.52. The molecule has 0 spiro atoms. The molecule has 0 atom stereocenters. The summed E-state index contributed by atoms with van der Waals surface area (Å²) in [7, 11) is 0. The number of thiazole rings is 2. The lowest BCUT2D eigenvalue weighted by molar-refractivity contribution is 1.20. The lowest BCUT2D eigenvalue weighted by Gasteiger charge is -1.95. The third-order valence-electron chi connectivity index (χ3n) is 3.17. The van der Waals surface area contributed by atoms with Crippen LogP contribution < -0.4 is 5.43 Å². The van der Waals surface area contributed by atoms with Crippen LogP contribution in [0.3, 0.4) is 0 Å². The summed E-state index contributed by atoms with van der Waals surface area (Å²) in [6, 6.07) is 10.0. The van der Waals surface area contributed by atoms with E-state index in [0.29, 0.717) is 5.15 Å². The SMILES string of the molecule is Clc1nc2sccn2c1/C=N\Nc1nc(-c2ccccc2)cs1. The number of rotatable bonds is 4. The molecule has 4 rings (SSSR count). The molecule has 4 aromatic rings. The minimum atomic E-state index is 0.437. The molecule has 0 aliphatic carbocycles. The number of anilines is 1. The fourth-order valence-electron chi connectivity index (χ4n) is 2.11. The van der Waals surface area contributed by atoms with Crippen LogP contribution in [-0.4, -0.2) is 20.6 Å². The molecule has 5 nitrogen and oxygen atoms in total. The van der Waals surface area contributed by atoms with Crippen molar-refractivity contribution in [3.05, 3.63) is 58.1 Å². The topological polar surface area (TPSA) is 54.6 Å². The molecule has 114 valence electrons. The highest BCUT2D eigenvalue weighted by Gasteiger charge is 2.09. The molecular weight excluding hydrogens is 350 g/mol. The van der Waals surface area contributed by atoms with E-state index in [-0.39, 0.29) is 0 Å². The van der Waals surface area contributed by atoms with E-state index in [1.807, 2.05) is 51.7 Å². The van der Waals surface area contributed by atoms with Gasteiger partial charge in [-0.2, -0.15) is 5.10 Å². The summed E-state index contributed by atoms with van der Waals surface area (Å²) in [5.41, 5.74) is 5.69. The fourth-order valence-corrected chi connectivity index (χ4v) is 3.77. The van der Waals surface area contributed by atoms with Gasteiger partial charge in [-0.3, -0.25) is 9.83 Å². The first-order valence-electron chi connectivity index (χ1n) is 6.72. The molecule has 0 saturated carbocycles. The van der Waals surface area contributed by atoms with E-state index in [2.05, 4.69) is 20.5 Å². The second kappa shape index (κ2) is 6.11. The largest absolute Gasteiger partial charge is 0.288 e. The van der Waals surface area contributed by atoms with Gasteiger partial charge in [0.2, 0.25) is 5.13 Å². The zero-order chi connectivity index (χ0) is 15.6. The fraction of sp³-hybridized carbons (Fsp3) is 0. The Bertz CT molecular complexity index is 970. The number of benzene rings is 1. The molecular formula is C15H10ClN5S2. The van der Waals surface area contributed by atoms with Crippen molar-refractivity contribution in [2.45, 2.75) is 0 Å². The predicted molar refractivity (Wildman–Crippen MR) is 96.8 cm³/mol. The second-order valence-corrected chi connectivity index (χ2v) is 6.71. The van der Waals surface area contributed by atoms with Gasteiger partial charge in [-0.1, -0.05) is 41.9 Å². The lowest BCUT2D eigenvalue weighted by Crippen LogP contribution is -1.93. The van der Waals surface area contributed by atoms with Crippen molar-refractivity contribution in [3.8, 4) is 11.3 Å². The Morgan fingerprint density at radius 3 is 2.91 bits per heavy atom. The van der Waals surface area contributed by atoms with Crippen molar-refractivity contribution >= 4 is 50.6 Å². The summed E-state index contributed by atoms with van der Waals surface area (Å²) in [6.07, 6.45) is 3.57. The summed E-state index contributed by atoms with van der Waals surface area (Å²) in [6.45, 7) is 0. The van der Waals surface area contributed by atoms with Gasteiger partial charge in [0.25, 0.3) is 0 Å². The van der Waals surface area contributed by atoms with Gasteiger partial charge in [0.05, 0.1) is 11.9 Å². The lowest BCUT2D eigenvalue weighted by atomic mass is 10.2. The van der Waals surface area contributed by atoms with Gasteiger partial charge in [0.1, 0.15) is 5.69 Å². The third-order valence-corrected chi connectivity index (χ3v) is 4.96. The molecule has 0 saturated heterocycles.